The molecule has 0 unspecified atom stereocenters. The molecule has 0 bridgehead atoms. The number of nitrogens with zero attached hydrogens (tertiary/aromatic N) is 5. The summed E-state index contributed by atoms with van der Waals surface area (Å²) in [6.07, 6.45) is 3.24. The fraction of sp³-hybridized carbons (Fsp3) is 0.238. The summed E-state index contributed by atoms with van der Waals surface area (Å²) in [6.45, 7) is 26.9. The van der Waals surface area contributed by atoms with Gasteiger partial charge in [-0.25, -0.2) is 4.98 Å². The zero-order valence-corrected chi connectivity index (χ0v) is 46.4. The van der Waals surface area contributed by atoms with Crippen LogP contribution < -0.4 is 5.19 Å². The molecule has 0 aliphatic heterocycles. The molecular formula is C63H61IrN5OSi-2. The molecule has 1 radical (unpaired) electrons. The Labute approximate surface area is 433 Å². The molecule has 0 atom stereocenters. The number of furan rings is 1. The van der Waals surface area contributed by atoms with E-state index >= 15 is 0 Å². The van der Waals surface area contributed by atoms with Crippen molar-refractivity contribution in [3.8, 4) is 39.6 Å². The Kier molecular flexibility index (Phi) is 13.4. The van der Waals surface area contributed by atoms with Crippen molar-refractivity contribution in [2.24, 2.45) is 5.92 Å². The quantitative estimate of drug-likeness (QED) is 0.117. The summed E-state index contributed by atoms with van der Waals surface area (Å²) in [5, 5.41) is 7.04. The number of imidazole rings is 1. The molecule has 6 aromatic carbocycles. The molecule has 0 saturated heterocycles. The van der Waals surface area contributed by atoms with Gasteiger partial charge in [-0.1, -0.05) is 156 Å². The van der Waals surface area contributed by atoms with Crippen LogP contribution in [0.15, 0.2) is 138 Å². The first-order valence-electron chi connectivity index (χ1n) is 24.5. The Morgan fingerprint density at radius 2 is 1.42 bits per heavy atom. The van der Waals surface area contributed by atoms with E-state index in [9.17, 15) is 0 Å². The van der Waals surface area contributed by atoms with Gasteiger partial charge in [0.15, 0.2) is 0 Å². The van der Waals surface area contributed by atoms with Crippen LogP contribution in [0.2, 0.25) is 19.6 Å². The standard InChI is InChI=1S/C41H35N4O.C22H26NSi.Ir/c1-23-9-8-10-24(2)34(23)32-22-20-30-35-25(3)11-19-31(38(35)46-40(30)44-32)39-43-33-21-14-27-13-12-26(4)42-36(27)37(33)45(39)29-17-15-28(16-18-29)41(5,6)7;1-16(2)13-18-14-21(23-15-22(18)24(3,4)5)20-12-8-10-17-9-6-7-11-19(17)20;/h8-18,20-22H,1-7H3;6-11,14-16H,13H2,1-5H3;/q2*-1;. The molecule has 5 heterocycles. The van der Waals surface area contributed by atoms with Crippen LogP contribution in [0, 0.1) is 45.7 Å². The Balaban J connectivity index is 0.000000211. The second-order valence-corrected chi connectivity index (χ2v) is 26.5. The van der Waals surface area contributed by atoms with Crippen molar-refractivity contribution in [3.63, 3.8) is 0 Å². The van der Waals surface area contributed by atoms with Gasteiger partial charge in [0.1, 0.15) is 0 Å². The number of benzene rings is 6. The van der Waals surface area contributed by atoms with Gasteiger partial charge in [0, 0.05) is 54.0 Å². The van der Waals surface area contributed by atoms with Crippen LogP contribution in [0.4, 0.5) is 0 Å². The molecule has 6 nitrogen and oxygen atoms in total. The first-order valence-corrected chi connectivity index (χ1v) is 28.0. The van der Waals surface area contributed by atoms with Gasteiger partial charge in [-0.05, 0) is 102 Å². The van der Waals surface area contributed by atoms with Crippen molar-refractivity contribution in [1.29, 1.82) is 0 Å². The van der Waals surface area contributed by atoms with Crippen molar-refractivity contribution in [2.75, 3.05) is 0 Å². The van der Waals surface area contributed by atoms with E-state index < -0.39 is 8.07 Å². The topological polar surface area (TPSA) is 69.6 Å². The van der Waals surface area contributed by atoms with Gasteiger partial charge >= 0.3 is 0 Å². The van der Waals surface area contributed by atoms with Gasteiger partial charge in [0.2, 0.25) is 5.71 Å². The van der Waals surface area contributed by atoms with Gasteiger partial charge in [-0.2, -0.15) is 0 Å². The molecule has 0 spiro atoms. The van der Waals surface area contributed by atoms with Crippen molar-refractivity contribution in [2.45, 2.75) is 93.8 Å². The normalized spacial score (nSPS) is 12.0. The third kappa shape index (κ3) is 9.42. The van der Waals surface area contributed by atoms with E-state index in [0.29, 0.717) is 11.6 Å². The van der Waals surface area contributed by atoms with Crippen molar-refractivity contribution < 1.29 is 24.5 Å². The zero-order valence-electron chi connectivity index (χ0n) is 43.0. The maximum absolute atomic E-state index is 6.71. The predicted molar refractivity (Wildman–Crippen MR) is 296 cm³/mol. The fourth-order valence-corrected chi connectivity index (χ4v) is 11.6. The summed E-state index contributed by atoms with van der Waals surface area (Å²) in [5.74, 6) is 1.40. The van der Waals surface area contributed by atoms with E-state index in [-0.39, 0.29) is 25.5 Å². The van der Waals surface area contributed by atoms with Crippen LogP contribution >= 0.6 is 0 Å². The molecule has 0 saturated carbocycles. The zero-order chi connectivity index (χ0) is 49.2. The smallest absolute Gasteiger partial charge is 0.216 e. The summed E-state index contributed by atoms with van der Waals surface area (Å²) in [7, 11) is -1.39. The minimum Gasteiger partial charge on any atom is -0.486 e. The molecule has 359 valence electrons. The molecule has 5 aromatic heterocycles. The fourth-order valence-electron chi connectivity index (χ4n) is 10.1. The Bertz CT molecular complexity index is 3770. The Morgan fingerprint density at radius 1 is 0.690 bits per heavy atom. The summed E-state index contributed by atoms with van der Waals surface area (Å²) in [4.78, 5) is 20.2. The number of hydrogen-bond donors (Lipinski definition) is 0. The van der Waals surface area contributed by atoms with Crippen LogP contribution in [0.3, 0.4) is 0 Å². The predicted octanol–water partition coefficient (Wildman–Crippen LogP) is 16.0. The van der Waals surface area contributed by atoms with Gasteiger partial charge < -0.3 is 14.0 Å². The molecule has 0 fully saturated rings. The Morgan fingerprint density at radius 3 is 2.14 bits per heavy atom. The van der Waals surface area contributed by atoms with E-state index in [1.807, 2.05) is 19.1 Å². The number of fused-ring (bicyclic) bond motifs is 7. The number of aryl methyl sites for hydroxylation is 4. The molecule has 71 heavy (non-hydrogen) atoms. The molecule has 0 N–H and O–H groups in total. The van der Waals surface area contributed by atoms with E-state index in [1.165, 1.54) is 38.2 Å². The summed E-state index contributed by atoms with van der Waals surface area (Å²) >= 11 is 0. The van der Waals surface area contributed by atoms with Crippen LogP contribution in [-0.4, -0.2) is 32.6 Å². The monoisotopic (exact) mass is 1120 g/mol. The minimum atomic E-state index is -1.39. The average Bonchev–Trinajstić information content (AvgIpc) is 3.91. The number of aromatic nitrogens is 5. The summed E-state index contributed by atoms with van der Waals surface area (Å²) < 4.78 is 8.93. The molecule has 8 heteroatoms. The number of hydrogen-bond acceptors (Lipinski definition) is 5. The van der Waals surface area contributed by atoms with Crippen LogP contribution in [-0.2, 0) is 31.9 Å². The summed E-state index contributed by atoms with van der Waals surface area (Å²) in [5.41, 5.74) is 17.3. The number of pyridine rings is 3. The Hall–Kier alpha value is -6.57. The second kappa shape index (κ2) is 19.2. The maximum Gasteiger partial charge on any atom is 0.216 e. The van der Waals surface area contributed by atoms with Gasteiger partial charge in [0.25, 0.3) is 0 Å². The largest absolute Gasteiger partial charge is 0.486 e. The third-order valence-electron chi connectivity index (χ3n) is 13.6. The van der Waals surface area contributed by atoms with E-state index in [4.69, 9.17) is 24.4 Å². The van der Waals surface area contributed by atoms with Crippen LogP contribution in [0.5, 0.6) is 0 Å². The number of rotatable bonds is 7. The van der Waals surface area contributed by atoms with Crippen LogP contribution in [0.25, 0.3) is 94.4 Å². The van der Waals surface area contributed by atoms with Gasteiger partial charge in [-0.3, -0.25) is 9.97 Å². The molecule has 0 amide bonds. The molecule has 0 aliphatic carbocycles. The first-order chi connectivity index (χ1) is 33.4. The maximum atomic E-state index is 6.71. The molecule has 11 rings (SSSR count). The SMILES string of the molecule is CC(C)Cc1cc(-c2[c-]ccc3ccccc23)ncc1[Si](C)(C)C.Cc1ccc2ccc3nc(-c4[c-]cc(C)c5c4oc4nc(-c6c(C)cccc6C)ccc45)n(-c4ccc(C(C)(C)C)cc4)c3c2n1.[Ir]. The molecule has 0 aliphatic rings. The van der Waals surface area contributed by atoms with Crippen molar-refractivity contribution >= 4 is 68.0 Å². The van der Waals surface area contributed by atoms with Gasteiger partial charge in [0.05, 0.1) is 41.7 Å². The third-order valence-corrected chi connectivity index (χ3v) is 15.6. The summed E-state index contributed by atoms with van der Waals surface area (Å²) in [6, 6.07) is 51.7. The van der Waals surface area contributed by atoms with Crippen LogP contribution in [0.1, 0.15) is 68.1 Å². The van der Waals surface area contributed by atoms with Gasteiger partial charge in [-0.15, -0.1) is 46.8 Å². The second-order valence-electron chi connectivity index (χ2n) is 21.5. The van der Waals surface area contributed by atoms with E-state index in [0.717, 1.165) is 95.6 Å². The minimum absolute atomic E-state index is 0. The van der Waals surface area contributed by atoms with E-state index in [1.54, 1.807) is 0 Å². The van der Waals surface area contributed by atoms with Crippen molar-refractivity contribution in [1.82, 2.24) is 24.5 Å². The van der Waals surface area contributed by atoms with E-state index in [2.05, 4.69) is 213 Å². The van der Waals surface area contributed by atoms with Crippen molar-refractivity contribution in [3.05, 3.63) is 179 Å². The molecular weight excluding hydrogens is 1060 g/mol. The average molecular weight is 1120 g/mol. The first kappa shape index (κ1) is 49.4. The molecule has 11 aromatic rings.